The number of fused-ring (bicyclic) bond motifs is 1. The molecule has 0 bridgehead atoms. The van der Waals surface area contributed by atoms with Gasteiger partial charge in [0, 0.05) is 24.2 Å². The highest BCUT2D eigenvalue weighted by Crippen LogP contribution is 2.21. The Morgan fingerprint density at radius 1 is 0.960 bits per heavy atom. The molecule has 0 atom stereocenters. The van der Waals surface area contributed by atoms with Gasteiger partial charge >= 0.3 is 0 Å². The molecule has 0 spiro atoms. The zero-order valence-electron chi connectivity index (χ0n) is 13.1. The second-order valence-corrected chi connectivity index (χ2v) is 5.59. The number of benzene rings is 1. The molecular weight excluding hydrogens is 319 g/mol. The summed E-state index contributed by atoms with van der Waals surface area (Å²) in [6.45, 7) is 0.110. The van der Waals surface area contributed by atoms with E-state index in [-0.39, 0.29) is 17.9 Å². The lowest BCUT2D eigenvalue weighted by Gasteiger charge is -2.09. The van der Waals surface area contributed by atoms with Gasteiger partial charge in [-0.2, -0.15) is 0 Å². The summed E-state index contributed by atoms with van der Waals surface area (Å²) < 4.78 is 15.9. The van der Waals surface area contributed by atoms with Gasteiger partial charge in [-0.25, -0.2) is 14.4 Å². The number of nitrogens with zero attached hydrogens (tertiary/aromatic N) is 4. The average molecular weight is 332 g/mol. The van der Waals surface area contributed by atoms with Gasteiger partial charge in [0.25, 0.3) is 5.56 Å². The Kier molecular flexibility index (Phi) is 3.78. The Labute approximate surface area is 142 Å². The van der Waals surface area contributed by atoms with Crippen molar-refractivity contribution >= 4 is 11.0 Å². The largest absolute Gasteiger partial charge is 0.294 e. The molecule has 25 heavy (non-hydrogen) atoms. The maximum atomic E-state index is 14.5. The Hall–Kier alpha value is -3.41. The number of hydrogen-bond donors (Lipinski definition) is 0. The van der Waals surface area contributed by atoms with E-state index in [1.165, 1.54) is 17.0 Å². The van der Waals surface area contributed by atoms with E-state index in [0.717, 1.165) is 11.1 Å². The summed E-state index contributed by atoms with van der Waals surface area (Å²) in [6, 6.07) is 12.0. The molecule has 5 nitrogen and oxygen atoms in total. The molecule has 0 saturated carbocycles. The first-order chi connectivity index (χ1) is 12.2. The van der Waals surface area contributed by atoms with E-state index in [1.54, 1.807) is 36.8 Å². The Morgan fingerprint density at radius 2 is 1.80 bits per heavy atom. The highest BCUT2D eigenvalue weighted by atomic mass is 19.1. The molecule has 122 valence electrons. The van der Waals surface area contributed by atoms with Crippen LogP contribution >= 0.6 is 0 Å². The molecule has 0 N–H and O–H groups in total. The van der Waals surface area contributed by atoms with Crippen molar-refractivity contribution in [3.05, 3.63) is 89.1 Å². The minimum atomic E-state index is -0.368. The normalized spacial score (nSPS) is 10.9. The highest BCUT2D eigenvalue weighted by molar-refractivity contribution is 5.72. The number of rotatable bonds is 3. The van der Waals surface area contributed by atoms with Gasteiger partial charge < -0.3 is 0 Å². The van der Waals surface area contributed by atoms with Crippen LogP contribution < -0.4 is 5.56 Å². The molecule has 4 aromatic rings. The van der Waals surface area contributed by atoms with E-state index in [0.29, 0.717) is 16.6 Å². The predicted octanol–water partition coefficient (Wildman–Crippen LogP) is 3.04. The zero-order chi connectivity index (χ0) is 17.2. The summed E-state index contributed by atoms with van der Waals surface area (Å²) in [7, 11) is 0. The Morgan fingerprint density at radius 3 is 2.60 bits per heavy atom. The molecular formula is C19H13FN4O. The van der Waals surface area contributed by atoms with Gasteiger partial charge in [-0.15, -0.1) is 0 Å². The number of halogens is 1. The highest BCUT2D eigenvalue weighted by Gasteiger charge is 2.09. The molecule has 4 rings (SSSR count). The second kappa shape index (κ2) is 6.24. The van der Waals surface area contributed by atoms with Gasteiger partial charge in [0.15, 0.2) is 5.65 Å². The van der Waals surface area contributed by atoms with Crippen molar-refractivity contribution in [2.24, 2.45) is 0 Å². The molecule has 0 radical (unpaired) electrons. The van der Waals surface area contributed by atoms with Gasteiger partial charge in [0.05, 0.1) is 11.9 Å². The minimum Gasteiger partial charge on any atom is -0.294 e. The first-order valence-corrected chi connectivity index (χ1v) is 7.71. The lowest BCUT2D eigenvalue weighted by molar-refractivity contribution is 0.595. The Bertz CT molecular complexity index is 1110. The van der Waals surface area contributed by atoms with Crippen molar-refractivity contribution in [2.45, 2.75) is 6.54 Å². The summed E-state index contributed by atoms with van der Waals surface area (Å²) in [5, 5.41) is 0.416. The van der Waals surface area contributed by atoms with Gasteiger partial charge in [0.1, 0.15) is 12.1 Å². The van der Waals surface area contributed by atoms with Gasteiger partial charge in [-0.3, -0.25) is 14.3 Å². The van der Waals surface area contributed by atoms with E-state index in [4.69, 9.17) is 0 Å². The molecule has 3 heterocycles. The summed E-state index contributed by atoms with van der Waals surface area (Å²) in [6.07, 6.45) is 6.30. The molecule has 6 heteroatoms. The van der Waals surface area contributed by atoms with Crippen molar-refractivity contribution in [3.63, 3.8) is 0 Å². The molecule has 3 aromatic heterocycles. The molecule has 0 saturated heterocycles. The number of aromatic nitrogens is 4. The summed E-state index contributed by atoms with van der Waals surface area (Å²) in [5.74, 6) is -0.368. The second-order valence-electron chi connectivity index (χ2n) is 5.59. The van der Waals surface area contributed by atoms with Gasteiger partial charge in [0.2, 0.25) is 0 Å². The van der Waals surface area contributed by atoms with Crippen LogP contribution in [0.2, 0.25) is 0 Å². The van der Waals surface area contributed by atoms with E-state index in [9.17, 15) is 9.18 Å². The minimum absolute atomic E-state index is 0.110. The SMILES string of the molecule is O=c1c2cccnc2ncn1Cc1ccc(-c2ccncc2)cc1F. The first-order valence-electron chi connectivity index (χ1n) is 7.71. The lowest BCUT2D eigenvalue weighted by atomic mass is 10.0. The monoisotopic (exact) mass is 332 g/mol. The van der Waals surface area contributed by atoms with Crippen molar-refractivity contribution < 1.29 is 4.39 Å². The topological polar surface area (TPSA) is 60.7 Å². The van der Waals surface area contributed by atoms with Crippen molar-refractivity contribution in [2.75, 3.05) is 0 Å². The van der Waals surface area contributed by atoms with Crippen LogP contribution in [0.5, 0.6) is 0 Å². The molecule has 0 unspecified atom stereocenters. The van der Waals surface area contributed by atoms with E-state index >= 15 is 0 Å². The smallest absolute Gasteiger partial charge is 0.263 e. The van der Waals surface area contributed by atoms with E-state index in [2.05, 4.69) is 15.0 Å². The summed E-state index contributed by atoms with van der Waals surface area (Å²) >= 11 is 0. The Balaban J connectivity index is 1.70. The quantitative estimate of drug-likeness (QED) is 0.578. The van der Waals surface area contributed by atoms with E-state index < -0.39 is 0 Å². The van der Waals surface area contributed by atoms with Crippen molar-refractivity contribution in [1.82, 2.24) is 19.5 Å². The van der Waals surface area contributed by atoms with Crippen LogP contribution in [-0.4, -0.2) is 19.5 Å². The molecule has 0 aliphatic heterocycles. The third-order valence-electron chi connectivity index (χ3n) is 4.00. The maximum Gasteiger partial charge on any atom is 0.263 e. The summed E-state index contributed by atoms with van der Waals surface area (Å²) in [4.78, 5) is 24.6. The third-order valence-corrected chi connectivity index (χ3v) is 4.00. The van der Waals surface area contributed by atoms with Gasteiger partial charge in [-0.05, 0) is 41.5 Å². The standard InChI is InChI=1S/C19H13FN4O/c20-17-10-14(13-5-8-21-9-6-13)3-4-15(17)11-24-12-23-18-16(19(24)25)2-1-7-22-18/h1-10,12H,11H2. The molecule has 1 aromatic carbocycles. The average Bonchev–Trinajstić information content (AvgIpc) is 2.66. The third kappa shape index (κ3) is 2.89. The first kappa shape index (κ1) is 15.1. The van der Waals surface area contributed by atoms with Crippen LogP contribution in [0.15, 0.2) is 72.2 Å². The van der Waals surface area contributed by atoms with Crippen LogP contribution in [0, 0.1) is 5.82 Å². The fourth-order valence-electron chi connectivity index (χ4n) is 2.69. The molecule has 0 aliphatic rings. The lowest BCUT2D eigenvalue weighted by Crippen LogP contribution is -2.21. The van der Waals surface area contributed by atoms with Crippen LogP contribution in [0.4, 0.5) is 4.39 Å². The zero-order valence-corrected chi connectivity index (χ0v) is 13.1. The van der Waals surface area contributed by atoms with Crippen molar-refractivity contribution in [1.29, 1.82) is 0 Å². The fourth-order valence-corrected chi connectivity index (χ4v) is 2.69. The molecule has 0 fully saturated rings. The predicted molar refractivity (Wildman–Crippen MR) is 92.5 cm³/mol. The maximum absolute atomic E-state index is 14.5. The molecule has 0 amide bonds. The van der Waals surface area contributed by atoms with Crippen LogP contribution in [0.25, 0.3) is 22.2 Å². The summed E-state index contributed by atoms with van der Waals surface area (Å²) in [5.41, 5.74) is 2.21. The number of pyridine rings is 2. The van der Waals surface area contributed by atoms with Gasteiger partial charge in [-0.1, -0.05) is 12.1 Å². The fraction of sp³-hybridized carbons (Fsp3) is 0.0526. The molecule has 0 aliphatic carbocycles. The van der Waals surface area contributed by atoms with Crippen LogP contribution in [-0.2, 0) is 6.54 Å². The number of hydrogen-bond acceptors (Lipinski definition) is 4. The van der Waals surface area contributed by atoms with Crippen LogP contribution in [0.3, 0.4) is 0 Å². The van der Waals surface area contributed by atoms with Crippen molar-refractivity contribution in [3.8, 4) is 11.1 Å². The van der Waals surface area contributed by atoms with E-state index in [1.807, 2.05) is 18.2 Å². The van der Waals surface area contributed by atoms with Crippen LogP contribution in [0.1, 0.15) is 5.56 Å².